The molecule has 7 heteroatoms. The van der Waals surface area contributed by atoms with E-state index in [2.05, 4.69) is 4.98 Å². The number of nitrogens with one attached hydrogen (secondary N) is 1. The fourth-order valence-corrected chi connectivity index (χ4v) is 0.819. The van der Waals surface area contributed by atoms with Crippen LogP contribution in [0.2, 0.25) is 0 Å². The molecule has 0 spiro atoms. The van der Waals surface area contributed by atoms with Crippen molar-refractivity contribution in [2.24, 2.45) is 0 Å². The molecule has 0 bridgehead atoms. The van der Waals surface area contributed by atoms with Gasteiger partial charge >= 0.3 is 12.1 Å². The number of amides is 1. The molecule has 0 fully saturated rings. The van der Waals surface area contributed by atoms with Crippen molar-refractivity contribution in [1.29, 1.82) is 0 Å². The molecule has 1 aromatic rings. The van der Waals surface area contributed by atoms with Crippen LogP contribution < -0.4 is 5.32 Å². The van der Waals surface area contributed by atoms with E-state index in [0.29, 0.717) is 0 Å². The van der Waals surface area contributed by atoms with Crippen LogP contribution in [0.15, 0.2) is 12.4 Å². The molecule has 1 amide bonds. The number of hydrogen-bond donors (Lipinski definition) is 1. The number of hydrogen-bond acceptors (Lipinski definition) is 2. The first-order valence-electron chi connectivity index (χ1n) is 3.80. The number of rotatable bonds is 1. The number of alkyl halides is 3. The maximum absolute atomic E-state index is 12.8. The average molecular weight is 222 g/mol. The summed E-state index contributed by atoms with van der Waals surface area (Å²) in [6.07, 6.45) is -3.21. The summed E-state index contributed by atoms with van der Waals surface area (Å²) < 4.78 is 48.4. The number of nitrogens with zero attached hydrogens (tertiary/aromatic N) is 1. The minimum absolute atomic E-state index is 0.0948. The van der Waals surface area contributed by atoms with E-state index in [1.54, 1.807) is 0 Å². The van der Waals surface area contributed by atoms with Crippen LogP contribution in [0.4, 0.5) is 23.2 Å². The fraction of sp³-hybridized carbons (Fsp3) is 0.250. The Morgan fingerprint density at radius 1 is 1.40 bits per heavy atom. The molecule has 0 aromatic carbocycles. The Balaban J connectivity index is 2.91. The van der Waals surface area contributed by atoms with Crippen LogP contribution >= 0.6 is 0 Å². The number of aromatic nitrogens is 1. The molecule has 1 aromatic heterocycles. The van der Waals surface area contributed by atoms with E-state index in [1.807, 2.05) is 0 Å². The van der Waals surface area contributed by atoms with Crippen LogP contribution in [-0.4, -0.2) is 17.1 Å². The molecule has 1 rings (SSSR count). The van der Waals surface area contributed by atoms with Gasteiger partial charge in [0.05, 0.1) is 18.1 Å². The molecule has 3 nitrogen and oxygen atoms in total. The standard InChI is InChI=1S/C8H6F4N2O/c1-4-5(9)2-13-3-6(4)14-7(15)8(10,11)12/h2-3H,1H3,(H,14,15). The summed E-state index contributed by atoms with van der Waals surface area (Å²) in [6, 6.07) is 0. The monoisotopic (exact) mass is 222 g/mol. The summed E-state index contributed by atoms with van der Waals surface area (Å²) in [4.78, 5) is 13.8. The zero-order valence-corrected chi connectivity index (χ0v) is 7.52. The molecule has 15 heavy (non-hydrogen) atoms. The zero-order chi connectivity index (χ0) is 11.6. The van der Waals surface area contributed by atoms with E-state index in [1.165, 1.54) is 12.2 Å². The molecule has 0 aliphatic heterocycles. The Labute approximate surface area is 82.1 Å². The molecule has 0 saturated carbocycles. The van der Waals surface area contributed by atoms with Gasteiger partial charge in [0, 0.05) is 5.56 Å². The number of carbonyl (C=O) groups excluding carboxylic acids is 1. The van der Waals surface area contributed by atoms with Crippen LogP contribution in [0.3, 0.4) is 0 Å². The molecule has 0 aliphatic rings. The Bertz CT molecular complexity index is 389. The largest absolute Gasteiger partial charge is 0.471 e. The smallest absolute Gasteiger partial charge is 0.317 e. The van der Waals surface area contributed by atoms with Crippen molar-refractivity contribution in [2.75, 3.05) is 5.32 Å². The second-order valence-corrected chi connectivity index (χ2v) is 2.75. The van der Waals surface area contributed by atoms with Crippen LogP contribution in [-0.2, 0) is 4.79 Å². The Morgan fingerprint density at radius 3 is 2.53 bits per heavy atom. The van der Waals surface area contributed by atoms with Gasteiger partial charge in [0.15, 0.2) is 0 Å². The zero-order valence-electron chi connectivity index (χ0n) is 7.52. The highest BCUT2D eigenvalue weighted by molar-refractivity contribution is 5.95. The van der Waals surface area contributed by atoms with E-state index in [9.17, 15) is 22.4 Å². The molecule has 0 saturated heterocycles. The van der Waals surface area contributed by atoms with Gasteiger partial charge in [0.1, 0.15) is 5.82 Å². The third-order valence-corrected chi connectivity index (χ3v) is 1.66. The van der Waals surface area contributed by atoms with Crippen molar-refractivity contribution < 1.29 is 22.4 Å². The topological polar surface area (TPSA) is 42.0 Å². The van der Waals surface area contributed by atoms with Gasteiger partial charge in [-0.15, -0.1) is 0 Å². The number of halogens is 4. The summed E-state index contributed by atoms with van der Waals surface area (Å²) in [5, 5.41) is 1.52. The first-order chi connectivity index (χ1) is 6.82. The van der Waals surface area contributed by atoms with Gasteiger partial charge < -0.3 is 5.32 Å². The highest BCUT2D eigenvalue weighted by atomic mass is 19.4. The lowest BCUT2D eigenvalue weighted by atomic mass is 10.2. The second kappa shape index (κ2) is 3.84. The van der Waals surface area contributed by atoms with Gasteiger partial charge in [-0.2, -0.15) is 13.2 Å². The van der Waals surface area contributed by atoms with Gasteiger partial charge in [-0.3, -0.25) is 9.78 Å². The minimum Gasteiger partial charge on any atom is -0.317 e. The van der Waals surface area contributed by atoms with Crippen LogP contribution in [0, 0.1) is 12.7 Å². The summed E-state index contributed by atoms with van der Waals surface area (Å²) in [6.45, 7) is 1.24. The summed E-state index contributed by atoms with van der Waals surface area (Å²) >= 11 is 0. The first-order valence-corrected chi connectivity index (χ1v) is 3.80. The van der Waals surface area contributed by atoms with Crippen LogP contribution in [0.1, 0.15) is 5.56 Å². The van der Waals surface area contributed by atoms with Gasteiger partial charge in [-0.25, -0.2) is 4.39 Å². The predicted molar refractivity (Wildman–Crippen MR) is 43.6 cm³/mol. The SMILES string of the molecule is Cc1c(F)cncc1NC(=O)C(F)(F)F. The highest BCUT2D eigenvalue weighted by Crippen LogP contribution is 2.20. The molecule has 1 N–H and O–H groups in total. The third kappa shape index (κ3) is 2.64. The molecule has 0 atom stereocenters. The maximum Gasteiger partial charge on any atom is 0.471 e. The van der Waals surface area contributed by atoms with Gasteiger partial charge in [0.2, 0.25) is 0 Å². The van der Waals surface area contributed by atoms with E-state index in [0.717, 1.165) is 12.4 Å². The fourth-order valence-electron chi connectivity index (χ4n) is 0.819. The molecular weight excluding hydrogens is 216 g/mol. The lowest BCUT2D eigenvalue weighted by Gasteiger charge is -2.09. The predicted octanol–water partition coefficient (Wildman–Crippen LogP) is 2.03. The number of anilines is 1. The average Bonchev–Trinajstić information content (AvgIpc) is 2.11. The van der Waals surface area contributed by atoms with Crippen molar-refractivity contribution in [3.63, 3.8) is 0 Å². The third-order valence-electron chi connectivity index (χ3n) is 1.66. The normalized spacial score (nSPS) is 11.3. The summed E-state index contributed by atoms with van der Waals surface area (Å²) in [5.74, 6) is -2.94. The molecular formula is C8H6F4N2O. The quantitative estimate of drug-likeness (QED) is 0.738. The molecule has 0 radical (unpaired) electrons. The lowest BCUT2D eigenvalue weighted by Crippen LogP contribution is -2.30. The van der Waals surface area contributed by atoms with Crippen LogP contribution in [0.25, 0.3) is 0 Å². The van der Waals surface area contributed by atoms with E-state index in [4.69, 9.17) is 0 Å². The van der Waals surface area contributed by atoms with E-state index < -0.39 is 17.9 Å². The van der Waals surface area contributed by atoms with Crippen molar-refractivity contribution in [3.8, 4) is 0 Å². The minimum atomic E-state index is -5.00. The maximum atomic E-state index is 12.8. The Morgan fingerprint density at radius 2 is 2.00 bits per heavy atom. The van der Waals surface area contributed by atoms with Gasteiger partial charge in [-0.1, -0.05) is 0 Å². The van der Waals surface area contributed by atoms with Crippen molar-refractivity contribution in [3.05, 3.63) is 23.8 Å². The lowest BCUT2D eigenvalue weighted by molar-refractivity contribution is -0.167. The summed E-state index contributed by atoms with van der Waals surface area (Å²) in [5.41, 5.74) is -0.389. The molecule has 0 unspecified atom stereocenters. The van der Waals surface area contributed by atoms with Crippen molar-refractivity contribution in [2.45, 2.75) is 13.1 Å². The molecule has 1 heterocycles. The van der Waals surface area contributed by atoms with Crippen molar-refractivity contribution >= 4 is 11.6 Å². The first kappa shape index (κ1) is 11.4. The van der Waals surface area contributed by atoms with Gasteiger partial charge in [0.25, 0.3) is 0 Å². The second-order valence-electron chi connectivity index (χ2n) is 2.75. The number of carbonyl (C=O) groups is 1. The molecule has 82 valence electrons. The summed E-state index contributed by atoms with van der Waals surface area (Å²) in [7, 11) is 0. The molecule has 0 aliphatic carbocycles. The van der Waals surface area contributed by atoms with Crippen molar-refractivity contribution in [1.82, 2.24) is 4.98 Å². The van der Waals surface area contributed by atoms with E-state index in [-0.39, 0.29) is 11.3 Å². The number of pyridine rings is 1. The van der Waals surface area contributed by atoms with Crippen LogP contribution in [0.5, 0.6) is 0 Å². The highest BCUT2D eigenvalue weighted by Gasteiger charge is 2.38. The Hall–Kier alpha value is -1.66. The van der Waals surface area contributed by atoms with Gasteiger partial charge in [-0.05, 0) is 6.92 Å². The van der Waals surface area contributed by atoms with E-state index >= 15 is 0 Å². The Kier molecular flexibility index (Phi) is 2.92.